The number of carboxylic acid groups (broad SMARTS) is 3. The van der Waals surface area contributed by atoms with E-state index in [9.17, 15) is 19.5 Å². The van der Waals surface area contributed by atoms with Gasteiger partial charge in [0.25, 0.3) is 5.09 Å². The molecule has 0 heterocycles. The van der Waals surface area contributed by atoms with Crippen LogP contribution in [0.25, 0.3) is 0 Å². The molecule has 0 saturated heterocycles. The van der Waals surface area contributed by atoms with E-state index in [1.807, 2.05) is 0 Å². The molecule has 0 amide bonds. The van der Waals surface area contributed by atoms with Crippen LogP contribution in [-0.2, 0) is 36.8 Å². The van der Waals surface area contributed by atoms with E-state index in [2.05, 4.69) is 0 Å². The summed E-state index contributed by atoms with van der Waals surface area (Å²) in [7, 11) is 0. The number of carbonyl (C=O) groups is 3. The van der Waals surface area contributed by atoms with Crippen molar-refractivity contribution in [1.82, 2.24) is 0 Å². The zero-order valence-corrected chi connectivity index (χ0v) is 9.88. The third kappa shape index (κ3) is 12.4. The Morgan fingerprint density at radius 1 is 1.17 bits per heavy atom. The molecule has 0 aromatic heterocycles. The van der Waals surface area contributed by atoms with E-state index in [-0.39, 0.29) is 22.4 Å². The number of aliphatic carboxylic acids is 3. The van der Waals surface area contributed by atoms with E-state index in [4.69, 9.17) is 30.6 Å². The van der Waals surface area contributed by atoms with Gasteiger partial charge in [0, 0.05) is 12.4 Å². The summed E-state index contributed by atoms with van der Waals surface area (Å²) in [5.41, 5.74) is -2.80. The van der Waals surface area contributed by atoms with E-state index in [1.165, 1.54) is 0 Å². The van der Waals surface area contributed by atoms with Gasteiger partial charge in [-0.3, -0.25) is 4.79 Å². The van der Waals surface area contributed by atoms with E-state index in [0.717, 1.165) is 0 Å². The van der Waals surface area contributed by atoms with Gasteiger partial charge in [-0.1, -0.05) is 0 Å². The monoisotopic (exact) mass is 361 g/mol. The molecule has 0 spiro atoms. The zero-order valence-electron chi connectivity index (χ0n) is 8.40. The van der Waals surface area contributed by atoms with Gasteiger partial charge in [-0.15, -0.1) is 10.1 Å². The molecule has 0 aliphatic rings. The van der Waals surface area contributed by atoms with Crippen LogP contribution in [0.3, 0.4) is 0 Å². The normalized spacial score (nSPS) is 11.8. The molecule has 0 aliphatic carbocycles. The zero-order chi connectivity index (χ0) is 14.2. The Morgan fingerprint density at radius 2 is 1.50 bits per heavy atom. The van der Waals surface area contributed by atoms with Gasteiger partial charge >= 0.3 is 34.3 Å². The molecule has 1 unspecified atom stereocenters. The van der Waals surface area contributed by atoms with Crippen molar-refractivity contribution in [2.45, 2.75) is 18.4 Å². The van der Waals surface area contributed by atoms with Crippen LogP contribution in [0.1, 0.15) is 12.8 Å². The summed E-state index contributed by atoms with van der Waals surface area (Å²) < 4.78 is 0. The molecule has 0 bridgehead atoms. The summed E-state index contributed by atoms with van der Waals surface area (Å²) in [4.78, 5) is 38.7. The van der Waals surface area contributed by atoms with Gasteiger partial charge in [0.1, 0.15) is 0 Å². The summed E-state index contributed by atoms with van der Waals surface area (Å²) in [6.45, 7) is 0. The number of rotatable bonds is 5. The number of carbonyl (C=O) groups excluding carboxylic acids is 1. The van der Waals surface area contributed by atoms with Crippen molar-refractivity contribution in [1.29, 1.82) is 0 Å². The van der Waals surface area contributed by atoms with E-state index >= 15 is 0 Å². The van der Waals surface area contributed by atoms with Crippen LogP contribution >= 0.6 is 0 Å². The maximum Gasteiger partial charge on any atom is 1.00 e. The molecular weight excluding hydrogens is 354 g/mol. The van der Waals surface area contributed by atoms with Gasteiger partial charge in [-0.2, -0.15) is 0 Å². The fraction of sp³-hybridized carbons (Fsp3) is 0.500. The second-order valence-corrected chi connectivity index (χ2v) is 2.69. The first-order chi connectivity index (χ1) is 7.51. The fourth-order valence-corrected chi connectivity index (χ4v) is 0.703. The van der Waals surface area contributed by atoms with Gasteiger partial charge in [0.15, 0.2) is 5.60 Å². The first-order valence-electron chi connectivity index (χ1n) is 3.72. The molecule has 12 heteroatoms. The van der Waals surface area contributed by atoms with E-state index in [0.29, 0.717) is 0 Å². The minimum atomic E-state index is -2.80. The van der Waals surface area contributed by atoms with E-state index < -0.39 is 41.4 Å². The molecule has 108 valence electrons. The molecule has 0 radical (unpaired) electrons. The minimum absolute atomic E-state index is 0. The van der Waals surface area contributed by atoms with Gasteiger partial charge in [0.05, 0.1) is 6.42 Å². The molecule has 0 aromatic rings. The second-order valence-electron chi connectivity index (χ2n) is 2.69. The van der Waals surface area contributed by atoms with Crippen molar-refractivity contribution in [3.8, 4) is 0 Å². The predicted octanol–water partition coefficient (Wildman–Crippen LogP) is -2.93. The SMILES string of the molecule is O=C([O-])CC(O)(CC(=O)O)C(=O)O.O=[N+]([O-])O.[Ag+]. The smallest absolute Gasteiger partial charge is 0.550 e. The minimum Gasteiger partial charge on any atom is -0.550 e. The number of nitrogens with zero attached hydrogens (tertiary/aromatic N) is 1. The molecule has 4 N–H and O–H groups in total. The van der Waals surface area contributed by atoms with Gasteiger partial charge in [0.2, 0.25) is 0 Å². The standard InChI is InChI=1S/C6H8O7.Ag.HNO3/c7-3(8)1-6(13,5(11)12)2-4(9)10;;2-1(3)4/h13H,1-2H2,(H,7,8)(H,9,10)(H,11,12);;(H,2,3,4)/q;+1;/p-1. The topological polar surface area (TPSA) is 198 Å². The average Bonchev–Trinajstić information content (AvgIpc) is 1.98. The molecule has 0 fully saturated rings. The maximum absolute atomic E-state index is 10.3. The largest absolute Gasteiger partial charge is 1.00 e. The number of hydrogen-bond acceptors (Lipinski definition) is 7. The van der Waals surface area contributed by atoms with Crippen molar-refractivity contribution in [3.05, 3.63) is 10.1 Å². The number of hydrogen-bond donors (Lipinski definition) is 4. The van der Waals surface area contributed by atoms with E-state index in [1.54, 1.807) is 0 Å². The number of carboxylic acids is 3. The second kappa shape index (κ2) is 9.35. The van der Waals surface area contributed by atoms with Crippen LogP contribution in [0.15, 0.2) is 0 Å². The Labute approximate surface area is 114 Å². The predicted molar refractivity (Wildman–Crippen MR) is 43.2 cm³/mol. The third-order valence-corrected chi connectivity index (χ3v) is 1.28. The summed E-state index contributed by atoms with van der Waals surface area (Å²) in [6.07, 6.45) is -2.44. The van der Waals surface area contributed by atoms with Crippen LogP contribution in [0.2, 0.25) is 0 Å². The van der Waals surface area contributed by atoms with Crippen LogP contribution in [0, 0.1) is 10.1 Å². The molecule has 18 heavy (non-hydrogen) atoms. The molecule has 0 aromatic carbocycles. The first-order valence-corrected chi connectivity index (χ1v) is 3.72. The molecule has 0 aliphatic heterocycles. The Kier molecular flexibility index (Phi) is 11.2. The van der Waals surface area contributed by atoms with Crippen molar-refractivity contribution in [3.63, 3.8) is 0 Å². The van der Waals surface area contributed by atoms with Crippen molar-refractivity contribution >= 4 is 17.9 Å². The molecule has 0 saturated carbocycles. The van der Waals surface area contributed by atoms with Crippen molar-refractivity contribution in [2.75, 3.05) is 0 Å². The maximum atomic E-state index is 10.3. The molecule has 0 rings (SSSR count). The van der Waals surface area contributed by atoms with Gasteiger partial charge in [-0.25, -0.2) is 4.79 Å². The Morgan fingerprint density at radius 3 is 1.67 bits per heavy atom. The Balaban J connectivity index is -0.000000392. The third-order valence-electron chi connectivity index (χ3n) is 1.28. The molecule has 11 nitrogen and oxygen atoms in total. The van der Waals surface area contributed by atoms with Crippen LogP contribution < -0.4 is 5.11 Å². The van der Waals surface area contributed by atoms with Gasteiger partial charge in [-0.05, 0) is 0 Å². The average molecular weight is 362 g/mol. The Hall–Kier alpha value is -1.69. The van der Waals surface area contributed by atoms with Crippen LogP contribution in [0.5, 0.6) is 0 Å². The van der Waals surface area contributed by atoms with Crippen molar-refractivity contribution < 1.29 is 67.5 Å². The van der Waals surface area contributed by atoms with Crippen LogP contribution in [-0.4, -0.2) is 49.1 Å². The Bertz CT molecular complexity index is 308. The molecular formula is C6H8AgNO10. The van der Waals surface area contributed by atoms with Crippen LogP contribution in [0.4, 0.5) is 0 Å². The van der Waals surface area contributed by atoms with Crippen molar-refractivity contribution in [2.24, 2.45) is 0 Å². The first kappa shape index (κ1) is 21.6. The fourth-order valence-electron chi connectivity index (χ4n) is 0.703. The number of aliphatic hydroxyl groups is 1. The summed E-state index contributed by atoms with van der Waals surface area (Å²) in [5.74, 6) is -5.34. The summed E-state index contributed by atoms with van der Waals surface area (Å²) in [5, 5.41) is 49.1. The van der Waals surface area contributed by atoms with Gasteiger partial charge < -0.3 is 30.4 Å². The molecule has 1 atom stereocenters. The quantitative estimate of drug-likeness (QED) is 0.223. The summed E-state index contributed by atoms with van der Waals surface area (Å²) >= 11 is 0. The summed E-state index contributed by atoms with van der Waals surface area (Å²) in [6, 6.07) is 0.